The van der Waals surface area contributed by atoms with Crippen molar-refractivity contribution in [2.45, 2.75) is 32.7 Å². The van der Waals surface area contributed by atoms with Crippen LogP contribution in [0.3, 0.4) is 0 Å². The van der Waals surface area contributed by atoms with E-state index in [0.717, 1.165) is 24.2 Å². The normalized spacial score (nSPS) is 20.9. The molecule has 102 valence electrons. The zero-order valence-electron chi connectivity index (χ0n) is 11.4. The molecule has 0 radical (unpaired) electrons. The first-order valence-corrected chi connectivity index (χ1v) is 6.73. The maximum absolute atomic E-state index is 11.9. The molecule has 0 aliphatic carbocycles. The van der Waals surface area contributed by atoms with Gasteiger partial charge in [-0.3, -0.25) is 0 Å². The van der Waals surface area contributed by atoms with Crippen molar-refractivity contribution in [1.29, 1.82) is 0 Å². The third kappa shape index (κ3) is 3.07. The van der Waals surface area contributed by atoms with Gasteiger partial charge in [0.15, 0.2) is 0 Å². The van der Waals surface area contributed by atoms with Crippen molar-refractivity contribution in [1.82, 2.24) is 4.90 Å². The Labute approximate surface area is 118 Å². The third-order valence-corrected chi connectivity index (χ3v) is 3.85. The number of aliphatic imine (C=N–C) groups is 1. The van der Waals surface area contributed by atoms with Crippen molar-refractivity contribution in [3.63, 3.8) is 0 Å². The summed E-state index contributed by atoms with van der Waals surface area (Å²) in [5.74, 6) is 0.828. The molecule has 1 N–H and O–H groups in total. The fourth-order valence-corrected chi connectivity index (χ4v) is 2.41. The Morgan fingerprint density at radius 3 is 2.84 bits per heavy atom. The van der Waals surface area contributed by atoms with Crippen LogP contribution in [-0.2, 0) is 0 Å². The van der Waals surface area contributed by atoms with Crippen LogP contribution in [0.25, 0.3) is 0 Å². The Kier molecular flexibility index (Phi) is 4.10. The fraction of sp³-hybridized carbons (Fsp3) is 0.429. The molecule has 1 atom stereocenters. The van der Waals surface area contributed by atoms with Crippen molar-refractivity contribution in [2.24, 2.45) is 4.99 Å². The Bertz CT molecular complexity index is 507. The number of para-hydroxylation sites is 1. The van der Waals surface area contributed by atoms with Gasteiger partial charge in [0.1, 0.15) is 5.84 Å². The van der Waals surface area contributed by atoms with E-state index in [9.17, 15) is 4.79 Å². The Balaban J connectivity index is 2.12. The number of amidine groups is 1. The summed E-state index contributed by atoms with van der Waals surface area (Å²) in [7, 11) is 1.96. The van der Waals surface area contributed by atoms with E-state index in [1.807, 2.05) is 31.0 Å². The van der Waals surface area contributed by atoms with Gasteiger partial charge in [0.25, 0.3) is 0 Å². The predicted octanol–water partition coefficient (Wildman–Crippen LogP) is 3.69. The van der Waals surface area contributed by atoms with Gasteiger partial charge < -0.3 is 10.2 Å². The van der Waals surface area contributed by atoms with E-state index < -0.39 is 0 Å². The highest BCUT2D eigenvalue weighted by Gasteiger charge is 2.23. The summed E-state index contributed by atoms with van der Waals surface area (Å²) in [5, 5.41) is 3.29. The highest BCUT2D eigenvalue weighted by atomic mass is 35.5. The summed E-state index contributed by atoms with van der Waals surface area (Å²) < 4.78 is 0. The maximum Gasteiger partial charge on any atom is 0.347 e. The van der Waals surface area contributed by atoms with Crippen molar-refractivity contribution >= 4 is 29.2 Å². The maximum atomic E-state index is 11.9. The molecular formula is C14H18ClN3O. The Morgan fingerprint density at radius 2 is 2.26 bits per heavy atom. The third-order valence-electron chi connectivity index (χ3n) is 3.54. The number of hydrogen-bond acceptors (Lipinski definition) is 1. The summed E-state index contributed by atoms with van der Waals surface area (Å²) in [5.41, 5.74) is 1.56. The number of halogens is 1. The van der Waals surface area contributed by atoms with Gasteiger partial charge in [0, 0.05) is 19.5 Å². The van der Waals surface area contributed by atoms with Crippen molar-refractivity contribution in [2.75, 3.05) is 12.4 Å². The van der Waals surface area contributed by atoms with Gasteiger partial charge in [0.05, 0.1) is 10.7 Å². The highest BCUT2D eigenvalue weighted by molar-refractivity contribution is 6.34. The van der Waals surface area contributed by atoms with Gasteiger partial charge >= 0.3 is 6.03 Å². The molecule has 1 saturated heterocycles. The molecule has 1 heterocycles. The molecule has 0 aromatic heterocycles. The van der Waals surface area contributed by atoms with E-state index in [1.165, 1.54) is 0 Å². The standard InChI is InChI=1S/C14H18ClN3O/c1-9-5-4-6-11(15)13(9)17-14(19)16-12-8-7-10(2)18(12)3/h4-6,10H,7-8H2,1-3H3,(H,17,19). The average Bonchev–Trinajstić information content (AvgIpc) is 2.66. The number of carbonyl (C=O) groups is 1. The Morgan fingerprint density at radius 1 is 1.53 bits per heavy atom. The molecule has 19 heavy (non-hydrogen) atoms. The molecule has 1 unspecified atom stereocenters. The first-order chi connectivity index (χ1) is 8.99. The van der Waals surface area contributed by atoms with Gasteiger partial charge in [-0.15, -0.1) is 0 Å². The average molecular weight is 280 g/mol. The lowest BCUT2D eigenvalue weighted by atomic mass is 10.2. The second-order valence-electron chi connectivity index (χ2n) is 4.89. The summed E-state index contributed by atoms with van der Waals surface area (Å²) in [6, 6.07) is 5.58. The zero-order valence-corrected chi connectivity index (χ0v) is 12.2. The molecule has 4 nitrogen and oxygen atoms in total. The number of nitrogens with zero attached hydrogens (tertiary/aromatic N) is 2. The van der Waals surface area contributed by atoms with Crippen LogP contribution in [0.1, 0.15) is 25.3 Å². The van der Waals surface area contributed by atoms with Crippen LogP contribution in [0.4, 0.5) is 10.5 Å². The second kappa shape index (κ2) is 5.61. The summed E-state index contributed by atoms with van der Waals surface area (Å²) in [4.78, 5) is 18.1. The van der Waals surface area contributed by atoms with E-state index in [-0.39, 0.29) is 6.03 Å². The number of rotatable bonds is 1. The summed E-state index contributed by atoms with van der Waals surface area (Å²) in [6.07, 6.45) is 1.88. The van der Waals surface area contributed by atoms with Gasteiger partial charge in [-0.25, -0.2) is 4.79 Å². The van der Waals surface area contributed by atoms with Gasteiger partial charge in [-0.05, 0) is 31.9 Å². The molecule has 1 aromatic rings. The van der Waals surface area contributed by atoms with E-state index in [2.05, 4.69) is 17.2 Å². The minimum Gasteiger partial charge on any atom is -0.360 e. The van der Waals surface area contributed by atoms with E-state index in [0.29, 0.717) is 16.8 Å². The quantitative estimate of drug-likeness (QED) is 0.852. The fourth-order valence-electron chi connectivity index (χ4n) is 2.14. The second-order valence-corrected chi connectivity index (χ2v) is 5.30. The molecule has 0 saturated carbocycles. The lowest BCUT2D eigenvalue weighted by molar-refractivity contribution is 0.259. The molecule has 2 rings (SSSR count). The van der Waals surface area contributed by atoms with E-state index >= 15 is 0 Å². The molecule has 5 heteroatoms. The topological polar surface area (TPSA) is 44.7 Å². The molecule has 0 spiro atoms. The molecule has 1 fully saturated rings. The number of carbonyl (C=O) groups excluding carboxylic acids is 1. The molecule has 2 amide bonds. The highest BCUT2D eigenvalue weighted by Crippen LogP contribution is 2.25. The minimum atomic E-state index is -0.368. The zero-order chi connectivity index (χ0) is 14.0. The lowest BCUT2D eigenvalue weighted by Crippen LogP contribution is -2.27. The van der Waals surface area contributed by atoms with Crippen LogP contribution >= 0.6 is 11.6 Å². The number of nitrogens with one attached hydrogen (secondary N) is 1. The predicted molar refractivity (Wildman–Crippen MR) is 79.1 cm³/mol. The summed E-state index contributed by atoms with van der Waals surface area (Å²) >= 11 is 6.07. The van der Waals surface area contributed by atoms with Crippen LogP contribution in [-0.4, -0.2) is 29.9 Å². The number of benzene rings is 1. The molecule has 1 aromatic carbocycles. The molecule has 1 aliphatic heterocycles. The number of amides is 2. The van der Waals surface area contributed by atoms with Crippen LogP contribution in [0.15, 0.2) is 23.2 Å². The first kappa shape index (κ1) is 13.9. The largest absolute Gasteiger partial charge is 0.360 e. The lowest BCUT2D eigenvalue weighted by Gasteiger charge is -2.17. The van der Waals surface area contributed by atoms with Crippen LogP contribution in [0, 0.1) is 6.92 Å². The van der Waals surface area contributed by atoms with Crippen molar-refractivity contribution in [3.05, 3.63) is 28.8 Å². The SMILES string of the molecule is Cc1cccc(Cl)c1NC(=O)N=C1CCC(C)N1C. The number of aryl methyl sites for hydroxylation is 1. The van der Waals surface area contributed by atoms with Gasteiger partial charge in [-0.1, -0.05) is 23.7 Å². The van der Waals surface area contributed by atoms with Crippen LogP contribution in [0.5, 0.6) is 0 Å². The first-order valence-electron chi connectivity index (χ1n) is 6.35. The molecular weight excluding hydrogens is 262 g/mol. The van der Waals surface area contributed by atoms with Crippen LogP contribution < -0.4 is 5.32 Å². The number of likely N-dealkylation sites (tertiary alicyclic amines) is 1. The van der Waals surface area contributed by atoms with E-state index in [4.69, 9.17) is 11.6 Å². The molecule has 1 aliphatic rings. The van der Waals surface area contributed by atoms with Crippen LogP contribution in [0.2, 0.25) is 5.02 Å². The monoisotopic (exact) mass is 279 g/mol. The van der Waals surface area contributed by atoms with Gasteiger partial charge in [-0.2, -0.15) is 4.99 Å². The summed E-state index contributed by atoms with van der Waals surface area (Å²) in [6.45, 7) is 4.02. The smallest absolute Gasteiger partial charge is 0.347 e. The van der Waals surface area contributed by atoms with Crippen molar-refractivity contribution < 1.29 is 4.79 Å². The van der Waals surface area contributed by atoms with Gasteiger partial charge in [0.2, 0.25) is 0 Å². The van der Waals surface area contributed by atoms with E-state index in [1.54, 1.807) is 6.07 Å². The number of urea groups is 1. The number of anilines is 1. The van der Waals surface area contributed by atoms with Crippen molar-refractivity contribution in [3.8, 4) is 0 Å². The molecule has 0 bridgehead atoms. The minimum absolute atomic E-state index is 0.368. The number of hydrogen-bond donors (Lipinski definition) is 1. The Hall–Kier alpha value is -1.55.